The number of hydrogen-bond donors (Lipinski definition) is 1. The second-order valence-corrected chi connectivity index (χ2v) is 5.51. The molecule has 102 valence electrons. The second-order valence-electron chi connectivity index (χ2n) is 5.51. The Hall–Kier alpha value is -1.02. The quantitative estimate of drug-likeness (QED) is 0.799. The molecule has 1 atom stereocenters. The van der Waals surface area contributed by atoms with Crippen LogP contribution in [0.1, 0.15) is 44.7 Å². The highest BCUT2D eigenvalue weighted by atomic mass is 16.5. The monoisotopic (exact) mass is 249 g/mol. The van der Waals surface area contributed by atoms with Gasteiger partial charge in [-0.3, -0.25) is 0 Å². The number of aryl methyl sites for hydroxylation is 1. The molecule has 2 heteroatoms. The second kappa shape index (κ2) is 7.42. The third-order valence-corrected chi connectivity index (χ3v) is 3.18. The molecule has 0 spiro atoms. The summed E-state index contributed by atoms with van der Waals surface area (Å²) in [5.74, 6) is 1.68. The first-order valence-electron chi connectivity index (χ1n) is 7.00. The minimum Gasteiger partial charge on any atom is -0.493 e. The van der Waals surface area contributed by atoms with Gasteiger partial charge in [-0.1, -0.05) is 38.5 Å². The van der Waals surface area contributed by atoms with E-state index in [2.05, 4.69) is 45.9 Å². The average molecular weight is 249 g/mol. The van der Waals surface area contributed by atoms with E-state index in [4.69, 9.17) is 10.5 Å². The molecule has 0 saturated heterocycles. The van der Waals surface area contributed by atoms with Crippen molar-refractivity contribution in [3.63, 3.8) is 0 Å². The van der Waals surface area contributed by atoms with Crippen LogP contribution in [0.3, 0.4) is 0 Å². The standard InChI is InChI=1S/C16H27NO/c1-5-15(17)11-14-10-13(4)6-7-16(14)18-9-8-12(2)3/h6-7,10,12,15H,5,8-9,11,17H2,1-4H3. The van der Waals surface area contributed by atoms with Crippen LogP contribution in [-0.4, -0.2) is 12.6 Å². The van der Waals surface area contributed by atoms with Gasteiger partial charge in [0.2, 0.25) is 0 Å². The lowest BCUT2D eigenvalue weighted by Crippen LogP contribution is -2.22. The number of hydrogen-bond acceptors (Lipinski definition) is 2. The molecule has 2 nitrogen and oxygen atoms in total. The van der Waals surface area contributed by atoms with Crippen LogP contribution < -0.4 is 10.5 Å². The van der Waals surface area contributed by atoms with Crippen molar-refractivity contribution >= 4 is 0 Å². The fraction of sp³-hybridized carbons (Fsp3) is 0.625. The van der Waals surface area contributed by atoms with Crippen LogP contribution in [0.25, 0.3) is 0 Å². The molecule has 0 bridgehead atoms. The normalized spacial score (nSPS) is 12.8. The molecular weight excluding hydrogens is 222 g/mol. The molecule has 0 aliphatic heterocycles. The lowest BCUT2D eigenvalue weighted by Gasteiger charge is -2.15. The van der Waals surface area contributed by atoms with Crippen LogP contribution in [0, 0.1) is 12.8 Å². The maximum absolute atomic E-state index is 6.05. The Balaban J connectivity index is 2.70. The molecule has 1 aromatic carbocycles. The zero-order valence-corrected chi connectivity index (χ0v) is 12.2. The van der Waals surface area contributed by atoms with Gasteiger partial charge in [-0.2, -0.15) is 0 Å². The van der Waals surface area contributed by atoms with Crippen LogP contribution in [0.4, 0.5) is 0 Å². The molecule has 0 aliphatic carbocycles. The van der Waals surface area contributed by atoms with E-state index in [1.54, 1.807) is 0 Å². The van der Waals surface area contributed by atoms with Crippen molar-refractivity contribution in [3.05, 3.63) is 29.3 Å². The summed E-state index contributed by atoms with van der Waals surface area (Å²) in [5, 5.41) is 0. The van der Waals surface area contributed by atoms with Gasteiger partial charge in [0.15, 0.2) is 0 Å². The third-order valence-electron chi connectivity index (χ3n) is 3.18. The van der Waals surface area contributed by atoms with E-state index in [-0.39, 0.29) is 6.04 Å². The Morgan fingerprint density at radius 1 is 1.28 bits per heavy atom. The van der Waals surface area contributed by atoms with Crippen LogP contribution in [0.15, 0.2) is 18.2 Å². The summed E-state index contributed by atoms with van der Waals surface area (Å²) in [7, 11) is 0. The molecule has 0 radical (unpaired) electrons. The molecule has 1 unspecified atom stereocenters. The smallest absolute Gasteiger partial charge is 0.122 e. The fourth-order valence-corrected chi connectivity index (χ4v) is 1.84. The van der Waals surface area contributed by atoms with Gasteiger partial charge in [0, 0.05) is 6.04 Å². The van der Waals surface area contributed by atoms with E-state index in [1.165, 1.54) is 11.1 Å². The zero-order chi connectivity index (χ0) is 13.5. The molecule has 18 heavy (non-hydrogen) atoms. The molecule has 0 heterocycles. The first-order valence-corrected chi connectivity index (χ1v) is 7.00. The highest BCUT2D eigenvalue weighted by molar-refractivity contribution is 5.37. The zero-order valence-electron chi connectivity index (χ0n) is 12.2. The van der Waals surface area contributed by atoms with Crippen molar-refractivity contribution in [2.24, 2.45) is 11.7 Å². The van der Waals surface area contributed by atoms with Gasteiger partial charge in [0.05, 0.1) is 6.61 Å². The predicted octanol–water partition coefficient (Wildman–Crippen LogP) is 3.70. The summed E-state index contributed by atoms with van der Waals surface area (Å²) >= 11 is 0. The van der Waals surface area contributed by atoms with Gasteiger partial charge in [-0.05, 0) is 43.7 Å². The van der Waals surface area contributed by atoms with E-state index < -0.39 is 0 Å². The molecule has 0 fully saturated rings. The summed E-state index contributed by atoms with van der Waals surface area (Å²) in [6.07, 6.45) is 2.99. The van der Waals surface area contributed by atoms with Crippen molar-refractivity contribution in [2.45, 2.75) is 53.0 Å². The average Bonchev–Trinajstić information content (AvgIpc) is 2.31. The van der Waals surface area contributed by atoms with Crippen LogP contribution in [0.5, 0.6) is 5.75 Å². The number of ether oxygens (including phenoxy) is 1. The Morgan fingerprint density at radius 2 is 2.00 bits per heavy atom. The molecule has 0 amide bonds. The summed E-state index contributed by atoms with van der Waals surface area (Å²) in [6.45, 7) is 9.45. The summed E-state index contributed by atoms with van der Waals surface area (Å²) in [5.41, 5.74) is 8.56. The number of benzene rings is 1. The topological polar surface area (TPSA) is 35.2 Å². The van der Waals surface area contributed by atoms with Crippen molar-refractivity contribution in [1.82, 2.24) is 0 Å². The highest BCUT2D eigenvalue weighted by Gasteiger charge is 2.08. The minimum absolute atomic E-state index is 0.222. The summed E-state index contributed by atoms with van der Waals surface area (Å²) in [6, 6.07) is 6.60. The largest absolute Gasteiger partial charge is 0.493 e. The molecular formula is C16H27NO. The van der Waals surface area contributed by atoms with Gasteiger partial charge in [0.1, 0.15) is 5.75 Å². The van der Waals surface area contributed by atoms with E-state index in [1.807, 2.05) is 0 Å². The van der Waals surface area contributed by atoms with E-state index in [0.29, 0.717) is 5.92 Å². The van der Waals surface area contributed by atoms with Crippen molar-refractivity contribution in [2.75, 3.05) is 6.61 Å². The van der Waals surface area contributed by atoms with Crippen molar-refractivity contribution in [3.8, 4) is 5.75 Å². The summed E-state index contributed by atoms with van der Waals surface area (Å²) < 4.78 is 5.89. The van der Waals surface area contributed by atoms with Gasteiger partial charge in [-0.25, -0.2) is 0 Å². The Bertz CT molecular complexity index is 360. The van der Waals surface area contributed by atoms with Gasteiger partial charge >= 0.3 is 0 Å². The van der Waals surface area contributed by atoms with E-state index in [9.17, 15) is 0 Å². The SMILES string of the molecule is CCC(N)Cc1cc(C)ccc1OCCC(C)C. The minimum atomic E-state index is 0.222. The molecule has 1 aromatic rings. The van der Waals surface area contributed by atoms with Crippen molar-refractivity contribution in [1.29, 1.82) is 0 Å². The first kappa shape index (κ1) is 15.0. The third kappa shape index (κ3) is 5.09. The maximum Gasteiger partial charge on any atom is 0.122 e. The highest BCUT2D eigenvalue weighted by Crippen LogP contribution is 2.22. The number of nitrogens with two attached hydrogens (primary N) is 1. The first-order chi connectivity index (χ1) is 8.52. The molecule has 2 N–H and O–H groups in total. The van der Waals surface area contributed by atoms with Crippen LogP contribution >= 0.6 is 0 Å². The Kier molecular flexibility index (Phi) is 6.20. The fourth-order valence-electron chi connectivity index (χ4n) is 1.84. The van der Waals surface area contributed by atoms with Gasteiger partial charge in [-0.15, -0.1) is 0 Å². The van der Waals surface area contributed by atoms with Crippen molar-refractivity contribution < 1.29 is 4.74 Å². The molecule has 0 aromatic heterocycles. The van der Waals surface area contributed by atoms with E-state index in [0.717, 1.165) is 31.6 Å². The molecule has 1 rings (SSSR count). The molecule has 0 saturated carbocycles. The van der Waals surface area contributed by atoms with E-state index >= 15 is 0 Å². The Morgan fingerprint density at radius 3 is 2.61 bits per heavy atom. The predicted molar refractivity (Wildman–Crippen MR) is 78.1 cm³/mol. The molecule has 0 aliphatic rings. The summed E-state index contributed by atoms with van der Waals surface area (Å²) in [4.78, 5) is 0. The van der Waals surface area contributed by atoms with Gasteiger partial charge < -0.3 is 10.5 Å². The van der Waals surface area contributed by atoms with Crippen LogP contribution in [-0.2, 0) is 6.42 Å². The van der Waals surface area contributed by atoms with Crippen LogP contribution in [0.2, 0.25) is 0 Å². The van der Waals surface area contributed by atoms with Gasteiger partial charge in [0.25, 0.3) is 0 Å². The maximum atomic E-state index is 6.05. The lowest BCUT2D eigenvalue weighted by molar-refractivity contribution is 0.286. The number of rotatable bonds is 7. The lowest BCUT2D eigenvalue weighted by atomic mass is 10.0. The Labute approximate surface area is 112 Å².